The van der Waals surface area contributed by atoms with Gasteiger partial charge in [0.1, 0.15) is 5.75 Å². The van der Waals surface area contributed by atoms with E-state index in [0.29, 0.717) is 0 Å². The lowest BCUT2D eigenvalue weighted by atomic mass is 10.2. The van der Waals surface area contributed by atoms with E-state index in [1.807, 2.05) is 36.5 Å². The van der Waals surface area contributed by atoms with Gasteiger partial charge >= 0.3 is 0 Å². The van der Waals surface area contributed by atoms with Gasteiger partial charge < -0.3 is 15.4 Å². The normalized spacial score (nSPS) is 10.9. The smallest absolute Gasteiger partial charge is 0.191 e. The van der Waals surface area contributed by atoms with Gasteiger partial charge in [-0.15, -0.1) is 35.3 Å². The van der Waals surface area contributed by atoms with Crippen LogP contribution in [-0.2, 0) is 13.0 Å². The van der Waals surface area contributed by atoms with Crippen molar-refractivity contribution in [3.63, 3.8) is 0 Å². The number of benzene rings is 1. The van der Waals surface area contributed by atoms with Crippen LogP contribution >= 0.6 is 35.3 Å². The van der Waals surface area contributed by atoms with Crippen LogP contribution in [0.15, 0.2) is 65.8 Å². The molecule has 0 aliphatic carbocycles. The van der Waals surface area contributed by atoms with Crippen LogP contribution < -0.4 is 15.4 Å². The standard InChI is InChI=1S/C21H24N4OS.HI/c1-22-21(24-14-12-17-5-3-4-13-23-17)25-15-19-10-11-20(27-19)16-6-8-18(26-2)9-7-16;/h3-11,13H,12,14-15H2,1-2H3,(H2,22,24,25);1H. The molecule has 3 rings (SSSR count). The fourth-order valence-electron chi connectivity index (χ4n) is 2.63. The summed E-state index contributed by atoms with van der Waals surface area (Å²) in [4.78, 5) is 11.1. The highest BCUT2D eigenvalue weighted by molar-refractivity contribution is 14.0. The van der Waals surface area contributed by atoms with Crippen LogP contribution in [-0.4, -0.2) is 31.6 Å². The van der Waals surface area contributed by atoms with Crippen LogP contribution in [0.5, 0.6) is 5.75 Å². The molecule has 2 heterocycles. The Kier molecular flexibility index (Phi) is 9.22. The van der Waals surface area contributed by atoms with E-state index < -0.39 is 0 Å². The molecule has 0 saturated carbocycles. The van der Waals surface area contributed by atoms with Gasteiger partial charge in [0, 0.05) is 41.7 Å². The molecule has 0 fully saturated rings. The molecule has 0 saturated heterocycles. The first kappa shape index (κ1) is 22.2. The molecule has 3 aromatic rings. The maximum Gasteiger partial charge on any atom is 0.191 e. The number of aliphatic imine (C=N–C) groups is 1. The molecule has 0 amide bonds. The minimum atomic E-state index is 0. The molecule has 0 atom stereocenters. The van der Waals surface area contributed by atoms with E-state index in [4.69, 9.17) is 4.74 Å². The molecule has 0 bridgehead atoms. The van der Waals surface area contributed by atoms with Gasteiger partial charge in [0.2, 0.25) is 0 Å². The molecule has 148 valence electrons. The van der Waals surface area contributed by atoms with Gasteiger partial charge in [0.25, 0.3) is 0 Å². The third kappa shape index (κ3) is 6.49. The van der Waals surface area contributed by atoms with Crippen LogP contribution in [0.2, 0.25) is 0 Å². The van der Waals surface area contributed by atoms with Gasteiger partial charge in [-0.3, -0.25) is 9.98 Å². The molecule has 5 nitrogen and oxygen atoms in total. The second kappa shape index (κ2) is 11.7. The van der Waals surface area contributed by atoms with Gasteiger partial charge in [-0.2, -0.15) is 0 Å². The van der Waals surface area contributed by atoms with Crippen molar-refractivity contribution in [2.24, 2.45) is 4.99 Å². The minimum Gasteiger partial charge on any atom is -0.497 e. The predicted octanol–water partition coefficient (Wildman–Crippen LogP) is 4.34. The van der Waals surface area contributed by atoms with Crippen molar-refractivity contribution in [1.82, 2.24) is 15.6 Å². The summed E-state index contributed by atoms with van der Waals surface area (Å²) in [6.07, 6.45) is 2.68. The van der Waals surface area contributed by atoms with E-state index in [0.717, 1.165) is 36.9 Å². The number of thiophene rings is 1. The summed E-state index contributed by atoms with van der Waals surface area (Å²) >= 11 is 1.78. The average molecular weight is 508 g/mol. The van der Waals surface area contributed by atoms with Crippen molar-refractivity contribution >= 4 is 41.3 Å². The molecule has 2 N–H and O–H groups in total. The molecule has 0 spiro atoms. The zero-order chi connectivity index (χ0) is 18.9. The first-order valence-electron chi connectivity index (χ1n) is 8.86. The number of halogens is 1. The van der Waals surface area contributed by atoms with Crippen LogP contribution in [0.25, 0.3) is 10.4 Å². The second-order valence-corrected chi connectivity index (χ2v) is 7.09. The van der Waals surface area contributed by atoms with E-state index >= 15 is 0 Å². The highest BCUT2D eigenvalue weighted by Crippen LogP contribution is 2.29. The van der Waals surface area contributed by atoms with Crippen molar-refractivity contribution in [2.45, 2.75) is 13.0 Å². The van der Waals surface area contributed by atoms with Gasteiger partial charge in [0.15, 0.2) is 5.96 Å². The average Bonchev–Trinajstić information content (AvgIpc) is 3.20. The van der Waals surface area contributed by atoms with E-state index in [1.165, 1.54) is 15.3 Å². The molecule has 0 radical (unpaired) electrons. The van der Waals surface area contributed by atoms with Crippen molar-refractivity contribution in [2.75, 3.05) is 20.7 Å². The summed E-state index contributed by atoms with van der Waals surface area (Å²) in [5.74, 6) is 1.67. The fourth-order valence-corrected chi connectivity index (χ4v) is 3.58. The Labute approximate surface area is 187 Å². The molecule has 0 aliphatic rings. The lowest BCUT2D eigenvalue weighted by molar-refractivity contribution is 0.415. The monoisotopic (exact) mass is 508 g/mol. The number of hydrogen-bond acceptors (Lipinski definition) is 4. The summed E-state index contributed by atoms with van der Waals surface area (Å²) in [6, 6.07) is 18.4. The maximum atomic E-state index is 5.22. The Hall–Kier alpha value is -2.13. The molecular weight excluding hydrogens is 483 g/mol. The van der Waals surface area contributed by atoms with E-state index in [2.05, 4.69) is 44.9 Å². The SMILES string of the molecule is CN=C(NCCc1ccccn1)NCc1ccc(-c2ccc(OC)cc2)s1.I. The Balaban J connectivity index is 0.00000280. The molecule has 0 unspecified atom stereocenters. The van der Waals surface area contributed by atoms with Crippen LogP contribution in [0.3, 0.4) is 0 Å². The minimum absolute atomic E-state index is 0. The number of nitrogens with zero attached hydrogens (tertiary/aromatic N) is 2. The predicted molar refractivity (Wildman–Crippen MR) is 128 cm³/mol. The first-order chi connectivity index (χ1) is 13.3. The van der Waals surface area contributed by atoms with Gasteiger partial charge in [-0.25, -0.2) is 0 Å². The van der Waals surface area contributed by atoms with Crippen molar-refractivity contribution in [1.29, 1.82) is 0 Å². The molecule has 0 aliphatic heterocycles. The Morgan fingerprint density at radius 3 is 2.57 bits per heavy atom. The summed E-state index contributed by atoms with van der Waals surface area (Å²) in [5, 5.41) is 6.69. The van der Waals surface area contributed by atoms with E-state index in [1.54, 1.807) is 25.5 Å². The highest BCUT2D eigenvalue weighted by Gasteiger charge is 2.05. The second-order valence-electron chi connectivity index (χ2n) is 5.92. The van der Waals surface area contributed by atoms with E-state index in [9.17, 15) is 0 Å². The van der Waals surface area contributed by atoms with Crippen LogP contribution in [0.1, 0.15) is 10.6 Å². The van der Waals surface area contributed by atoms with Crippen molar-refractivity contribution in [3.05, 3.63) is 71.4 Å². The van der Waals surface area contributed by atoms with Gasteiger partial charge in [0.05, 0.1) is 13.7 Å². The lowest BCUT2D eigenvalue weighted by Gasteiger charge is -2.10. The van der Waals surface area contributed by atoms with E-state index in [-0.39, 0.29) is 24.0 Å². The fraction of sp³-hybridized carbons (Fsp3) is 0.238. The number of methoxy groups -OCH3 is 1. The Morgan fingerprint density at radius 1 is 1.07 bits per heavy atom. The summed E-state index contributed by atoms with van der Waals surface area (Å²) in [7, 11) is 3.47. The summed E-state index contributed by atoms with van der Waals surface area (Å²) in [6.45, 7) is 1.53. The molecule has 1 aromatic carbocycles. The van der Waals surface area contributed by atoms with Gasteiger partial charge in [-0.05, 0) is 54.1 Å². The van der Waals surface area contributed by atoms with Crippen molar-refractivity contribution < 1.29 is 4.74 Å². The van der Waals surface area contributed by atoms with Crippen molar-refractivity contribution in [3.8, 4) is 16.2 Å². The number of rotatable bonds is 7. The maximum absolute atomic E-state index is 5.22. The number of nitrogens with one attached hydrogen (secondary N) is 2. The zero-order valence-corrected chi connectivity index (χ0v) is 19.2. The van der Waals surface area contributed by atoms with Gasteiger partial charge in [-0.1, -0.05) is 6.07 Å². The Morgan fingerprint density at radius 2 is 1.89 bits per heavy atom. The largest absolute Gasteiger partial charge is 0.497 e. The van der Waals surface area contributed by atoms with Crippen LogP contribution in [0, 0.1) is 0 Å². The zero-order valence-electron chi connectivity index (χ0n) is 16.0. The summed E-state index contributed by atoms with van der Waals surface area (Å²) in [5.41, 5.74) is 2.27. The number of aromatic nitrogens is 1. The number of pyridine rings is 1. The summed E-state index contributed by atoms with van der Waals surface area (Å²) < 4.78 is 5.22. The number of ether oxygens (including phenoxy) is 1. The molecule has 2 aromatic heterocycles. The van der Waals surface area contributed by atoms with Crippen LogP contribution in [0.4, 0.5) is 0 Å². The molecule has 7 heteroatoms. The lowest BCUT2D eigenvalue weighted by Crippen LogP contribution is -2.37. The Bertz CT molecular complexity index is 866. The third-order valence-electron chi connectivity index (χ3n) is 4.09. The molecule has 28 heavy (non-hydrogen) atoms. The third-order valence-corrected chi connectivity index (χ3v) is 5.22. The quantitative estimate of drug-likeness (QED) is 0.283. The number of guanidine groups is 1. The first-order valence-corrected chi connectivity index (χ1v) is 9.67. The molecular formula is C21H25IN4OS. The topological polar surface area (TPSA) is 58.5 Å². The highest BCUT2D eigenvalue weighted by atomic mass is 127. The number of hydrogen-bond donors (Lipinski definition) is 2.